The van der Waals surface area contributed by atoms with Crippen LogP contribution < -0.4 is 5.32 Å². The molecule has 2 aromatic rings. The number of aromatic nitrogens is 2. The van der Waals surface area contributed by atoms with Gasteiger partial charge in [0.25, 0.3) is 0 Å². The van der Waals surface area contributed by atoms with E-state index in [1.807, 2.05) is 31.0 Å². The van der Waals surface area contributed by atoms with Gasteiger partial charge in [0.1, 0.15) is 5.82 Å². The summed E-state index contributed by atoms with van der Waals surface area (Å²) in [5.41, 5.74) is -0.761. The minimum Gasteiger partial charge on any atom is -0.374 e. The van der Waals surface area contributed by atoms with E-state index in [1.54, 1.807) is 0 Å². The van der Waals surface area contributed by atoms with E-state index >= 15 is 0 Å². The lowest BCUT2D eigenvalue weighted by Crippen LogP contribution is -2.45. The van der Waals surface area contributed by atoms with Gasteiger partial charge in [0.05, 0.1) is 0 Å². The second-order valence-corrected chi connectivity index (χ2v) is 7.23. The Morgan fingerprint density at radius 1 is 1.19 bits per heavy atom. The highest BCUT2D eigenvalue weighted by atomic mass is 127. The van der Waals surface area contributed by atoms with Crippen LogP contribution in [0.1, 0.15) is 37.2 Å². The lowest BCUT2D eigenvalue weighted by Gasteiger charge is -2.29. The second-order valence-electron chi connectivity index (χ2n) is 7.23. The number of hydrogen-bond donors (Lipinski definition) is 2. The Balaban J connectivity index is 0.00000480. The first kappa shape index (κ1) is 27.2. The van der Waals surface area contributed by atoms with E-state index in [2.05, 4.69) is 34.3 Å². The van der Waals surface area contributed by atoms with Gasteiger partial charge in [-0.25, -0.2) is 4.98 Å². The van der Waals surface area contributed by atoms with Gasteiger partial charge in [0, 0.05) is 52.5 Å². The predicted molar refractivity (Wildman–Crippen MR) is 126 cm³/mol. The van der Waals surface area contributed by atoms with Crippen LogP contribution in [0.15, 0.2) is 41.7 Å². The van der Waals surface area contributed by atoms with Gasteiger partial charge in [-0.2, -0.15) is 13.2 Å². The zero-order valence-electron chi connectivity index (χ0n) is 18.3. The fourth-order valence-corrected chi connectivity index (χ4v) is 3.17. The van der Waals surface area contributed by atoms with Crippen LogP contribution in [-0.2, 0) is 25.6 Å². The highest BCUT2D eigenvalue weighted by Crippen LogP contribution is 2.40. The Morgan fingerprint density at radius 2 is 1.81 bits per heavy atom. The van der Waals surface area contributed by atoms with Crippen LogP contribution in [0.2, 0.25) is 0 Å². The quantitative estimate of drug-likeness (QED) is 0.297. The zero-order valence-corrected chi connectivity index (χ0v) is 20.6. The monoisotopic (exact) mass is 553 g/mol. The van der Waals surface area contributed by atoms with E-state index in [1.165, 1.54) is 29.6 Å². The van der Waals surface area contributed by atoms with Crippen LogP contribution >= 0.6 is 24.0 Å². The van der Waals surface area contributed by atoms with Crippen LogP contribution in [0.25, 0.3) is 0 Å². The first-order valence-corrected chi connectivity index (χ1v) is 9.96. The third-order valence-corrected chi connectivity index (χ3v) is 4.94. The molecule has 2 rings (SSSR count). The molecule has 0 amide bonds. The molecule has 1 aromatic carbocycles. The van der Waals surface area contributed by atoms with E-state index < -0.39 is 24.0 Å². The summed E-state index contributed by atoms with van der Waals surface area (Å²) in [6.07, 6.45) is -1.94. The SMILES string of the molecule is CCNC(=NCCC(O)(c1nccn1C)C(F)(F)F)N(C)Cc1ccc(CC)cc1.I. The summed E-state index contributed by atoms with van der Waals surface area (Å²) in [7, 11) is 3.24. The Kier molecular flexibility index (Phi) is 10.3. The number of aryl methyl sites for hydroxylation is 2. The summed E-state index contributed by atoms with van der Waals surface area (Å²) in [5.74, 6) is 0.0287. The van der Waals surface area contributed by atoms with Crippen molar-refractivity contribution in [2.45, 2.75) is 45.0 Å². The second kappa shape index (κ2) is 11.7. The summed E-state index contributed by atoms with van der Waals surface area (Å²) in [5, 5.41) is 13.5. The highest BCUT2D eigenvalue weighted by Gasteiger charge is 2.57. The fourth-order valence-electron chi connectivity index (χ4n) is 3.17. The molecule has 1 atom stereocenters. The fraction of sp³-hybridized carbons (Fsp3) is 0.524. The molecule has 0 fully saturated rings. The molecule has 1 unspecified atom stereocenters. The lowest BCUT2D eigenvalue weighted by molar-refractivity contribution is -0.272. The van der Waals surface area contributed by atoms with Gasteiger partial charge in [0.2, 0.25) is 5.60 Å². The molecule has 174 valence electrons. The van der Waals surface area contributed by atoms with Crippen molar-refractivity contribution in [1.29, 1.82) is 0 Å². The van der Waals surface area contributed by atoms with Crippen LogP contribution in [0.3, 0.4) is 0 Å². The van der Waals surface area contributed by atoms with Crippen molar-refractivity contribution in [3.05, 3.63) is 53.6 Å². The van der Waals surface area contributed by atoms with Crippen molar-refractivity contribution in [2.24, 2.45) is 12.0 Å². The van der Waals surface area contributed by atoms with E-state index in [0.717, 1.165) is 12.0 Å². The number of rotatable bonds is 8. The summed E-state index contributed by atoms with van der Waals surface area (Å²) >= 11 is 0. The summed E-state index contributed by atoms with van der Waals surface area (Å²) < 4.78 is 42.1. The first-order valence-electron chi connectivity index (χ1n) is 9.96. The summed E-state index contributed by atoms with van der Waals surface area (Å²) in [6.45, 7) is 4.88. The smallest absolute Gasteiger partial charge is 0.374 e. The zero-order chi connectivity index (χ0) is 22.4. The molecule has 1 aromatic heterocycles. The summed E-state index contributed by atoms with van der Waals surface area (Å²) in [6, 6.07) is 8.18. The molecular formula is C21H31F3IN5O. The Morgan fingerprint density at radius 3 is 2.29 bits per heavy atom. The van der Waals surface area contributed by atoms with Crippen LogP contribution in [0.4, 0.5) is 13.2 Å². The minimum atomic E-state index is -4.87. The number of imidazole rings is 1. The Labute approximate surface area is 198 Å². The molecule has 0 aliphatic heterocycles. The molecular weight excluding hydrogens is 522 g/mol. The van der Waals surface area contributed by atoms with Gasteiger partial charge in [-0.05, 0) is 24.5 Å². The van der Waals surface area contributed by atoms with Crippen LogP contribution in [0.5, 0.6) is 0 Å². The van der Waals surface area contributed by atoms with Gasteiger partial charge in [-0.1, -0.05) is 31.2 Å². The average Bonchev–Trinajstić information content (AvgIpc) is 3.13. The van der Waals surface area contributed by atoms with Crippen LogP contribution in [0, 0.1) is 0 Å². The Bertz CT molecular complexity index is 838. The van der Waals surface area contributed by atoms with Crippen LogP contribution in [-0.4, -0.2) is 51.8 Å². The number of nitrogens with zero attached hydrogens (tertiary/aromatic N) is 4. The molecule has 0 bridgehead atoms. The molecule has 1 heterocycles. The van der Waals surface area contributed by atoms with Gasteiger partial charge in [0.15, 0.2) is 5.96 Å². The predicted octanol–water partition coefficient (Wildman–Crippen LogP) is 3.84. The number of benzene rings is 1. The molecule has 0 spiro atoms. The minimum absolute atomic E-state index is 0. The number of hydrogen-bond acceptors (Lipinski definition) is 3. The number of aliphatic hydroxyl groups is 1. The largest absolute Gasteiger partial charge is 0.424 e. The average molecular weight is 553 g/mol. The van der Waals surface area contributed by atoms with E-state index in [9.17, 15) is 18.3 Å². The standard InChI is InChI=1S/C21H30F3N5O.HI/c1-5-16-7-9-17(10-8-16)15-29(4)19(25-6-2)27-12-11-20(30,21(22,23)24)18-26-13-14-28(18)3;/h7-10,13-14,30H,5-6,11-12,15H2,1-4H3,(H,25,27);1H. The maximum absolute atomic E-state index is 13.7. The lowest BCUT2D eigenvalue weighted by atomic mass is 9.98. The first-order chi connectivity index (χ1) is 14.1. The van der Waals surface area contributed by atoms with Crippen molar-refractivity contribution < 1.29 is 18.3 Å². The number of guanidine groups is 1. The van der Waals surface area contributed by atoms with Crippen molar-refractivity contribution in [1.82, 2.24) is 19.8 Å². The number of nitrogens with one attached hydrogen (secondary N) is 1. The number of alkyl halides is 3. The molecule has 0 radical (unpaired) electrons. The molecule has 0 aliphatic rings. The Hall–Kier alpha value is -1.82. The molecule has 0 saturated carbocycles. The maximum Gasteiger partial charge on any atom is 0.424 e. The van der Waals surface area contributed by atoms with Crippen molar-refractivity contribution in [3.8, 4) is 0 Å². The van der Waals surface area contributed by atoms with Gasteiger partial charge in [-0.3, -0.25) is 4.99 Å². The molecule has 6 nitrogen and oxygen atoms in total. The molecule has 2 N–H and O–H groups in total. The van der Waals surface area contributed by atoms with E-state index in [-0.39, 0.29) is 30.5 Å². The molecule has 0 aliphatic carbocycles. The maximum atomic E-state index is 13.7. The van der Waals surface area contributed by atoms with E-state index in [0.29, 0.717) is 19.0 Å². The van der Waals surface area contributed by atoms with Crippen molar-refractivity contribution >= 4 is 29.9 Å². The third-order valence-electron chi connectivity index (χ3n) is 4.94. The number of halogens is 4. The van der Waals surface area contributed by atoms with Gasteiger partial charge in [-0.15, -0.1) is 24.0 Å². The normalized spacial score (nSPS) is 14.0. The summed E-state index contributed by atoms with van der Waals surface area (Å²) in [4.78, 5) is 9.87. The molecule has 10 heteroatoms. The molecule has 0 saturated heterocycles. The molecule has 31 heavy (non-hydrogen) atoms. The van der Waals surface area contributed by atoms with Gasteiger partial charge >= 0.3 is 6.18 Å². The van der Waals surface area contributed by atoms with Crippen molar-refractivity contribution in [2.75, 3.05) is 20.1 Å². The topological polar surface area (TPSA) is 65.7 Å². The van der Waals surface area contributed by atoms with Gasteiger partial charge < -0.3 is 19.9 Å². The van der Waals surface area contributed by atoms with Crippen molar-refractivity contribution in [3.63, 3.8) is 0 Å². The highest BCUT2D eigenvalue weighted by molar-refractivity contribution is 14.0. The number of aliphatic imine (C=N–C) groups is 1. The third kappa shape index (κ3) is 6.83. The van der Waals surface area contributed by atoms with E-state index in [4.69, 9.17) is 0 Å².